The summed E-state index contributed by atoms with van der Waals surface area (Å²) in [5.74, 6) is 1.83. The van der Waals surface area contributed by atoms with Gasteiger partial charge in [0.25, 0.3) is 0 Å². The third kappa shape index (κ3) is 7.53. The Morgan fingerprint density at radius 1 is 1.05 bits per heavy atom. The third-order valence-electron chi connectivity index (χ3n) is 3.04. The molecule has 21 heavy (non-hydrogen) atoms. The Balaban J connectivity index is 2.34. The summed E-state index contributed by atoms with van der Waals surface area (Å²) in [5, 5.41) is 7.29. The van der Waals surface area contributed by atoms with Crippen LogP contribution in [0.25, 0.3) is 0 Å². The Kier molecular flexibility index (Phi) is 8.23. The zero-order valence-corrected chi connectivity index (χ0v) is 12.8. The number of benzene rings is 1. The van der Waals surface area contributed by atoms with Crippen molar-refractivity contribution in [3.63, 3.8) is 0 Å². The van der Waals surface area contributed by atoms with Gasteiger partial charge < -0.3 is 19.9 Å². The summed E-state index contributed by atoms with van der Waals surface area (Å²) in [4.78, 5) is 2.18. The second kappa shape index (κ2) is 10.0. The molecular formula is C15H25N3O3. The van der Waals surface area contributed by atoms with Crippen LogP contribution in [-0.2, 0) is 4.74 Å². The molecule has 0 heterocycles. The summed E-state index contributed by atoms with van der Waals surface area (Å²) < 4.78 is 15.9. The number of hydrogen-bond donors (Lipinski definition) is 2. The van der Waals surface area contributed by atoms with Crippen molar-refractivity contribution in [1.82, 2.24) is 4.90 Å². The topological polar surface area (TPSA) is 80.8 Å². The predicted molar refractivity (Wildman–Crippen MR) is 83.3 cm³/mol. The van der Waals surface area contributed by atoms with E-state index in [0.29, 0.717) is 19.6 Å². The molecule has 6 nitrogen and oxygen atoms in total. The lowest BCUT2D eigenvalue weighted by Gasteiger charge is -2.21. The molecule has 1 rings (SSSR count). The van der Waals surface area contributed by atoms with Gasteiger partial charge in [-0.3, -0.25) is 10.3 Å². The Labute approximate surface area is 126 Å². The fraction of sp³-hybridized carbons (Fsp3) is 0.533. The summed E-state index contributed by atoms with van der Waals surface area (Å²) in [5.41, 5.74) is 5.40. The molecule has 0 saturated heterocycles. The monoisotopic (exact) mass is 295 g/mol. The molecule has 0 aliphatic carbocycles. The van der Waals surface area contributed by atoms with Crippen LogP contribution in [0.15, 0.2) is 24.3 Å². The van der Waals surface area contributed by atoms with E-state index < -0.39 is 0 Å². The van der Waals surface area contributed by atoms with Crippen molar-refractivity contribution in [1.29, 1.82) is 5.41 Å². The number of methoxy groups -OCH3 is 2. The molecule has 0 fully saturated rings. The molecule has 0 aromatic heterocycles. The number of amidine groups is 1. The Morgan fingerprint density at radius 3 is 2.24 bits per heavy atom. The van der Waals surface area contributed by atoms with Gasteiger partial charge in [0.2, 0.25) is 0 Å². The van der Waals surface area contributed by atoms with Gasteiger partial charge >= 0.3 is 0 Å². The van der Waals surface area contributed by atoms with E-state index in [1.165, 1.54) is 0 Å². The lowest BCUT2D eigenvalue weighted by Crippen LogP contribution is -2.34. The summed E-state index contributed by atoms with van der Waals surface area (Å²) in [7, 11) is 3.32. The normalized spacial score (nSPS) is 10.6. The van der Waals surface area contributed by atoms with Crippen molar-refractivity contribution >= 4 is 5.84 Å². The fourth-order valence-corrected chi connectivity index (χ4v) is 1.80. The molecule has 0 amide bonds. The van der Waals surface area contributed by atoms with Crippen LogP contribution in [-0.4, -0.2) is 57.8 Å². The van der Waals surface area contributed by atoms with Gasteiger partial charge in [-0.15, -0.1) is 0 Å². The first-order valence-electron chi connectivity index (χ1n) is 6.96. The molecular weight excluding hydrogens is 270 g/mol. The lowest BCUT2D eigenvalue weighted by atomic mass is 10.3. The Morgan fingerprint density at radius 2 is 1.67 bits per heavy atom. The maximum absolute atomic E-state index is 7.29. The van der Waals surface area contributed by atoms with Crippen molar-refractivity contribution in [2.45, 2.75) is 6.42 Å². The highest BCUT2D eigenvalue weighted by atomic mass is 16.5. The van der Waals surface area contributed by atoms with E-state index >= 15 is 0 Å². The number of nitrogens with zero attached hydrogens (tertiary/aromatic N) is 1. The van der Waals surface area contributed by atoms with E-state index in [-0.39, 0.29) is 5.84 Å². The highest BCUT2D eigenvalue weighted by Gasteiger charge is 2.06. The average molecular weight is 295 g/mol. The lowest BCUT2D eigenvalue weighted by molar-refractivity contribution is 0.136. The molecule has 0 radical (unpaired) electrons. The molecule has 0 saturated carbocycles. The Hall–Kier alpha value is -1.79. The van der Waals surface area contributed by atoms with Crippen LogP contribution in [0, 0.1) is 5.41 Å². The van der Waals surface area contributed by atoms with Crippen molar-refractivity contribution in [3.05, 3.63) is 24.3 Å². The van der Waals surface area contributed by atoms with E-state index in [1.54, 1.807) is 14.2 Å². The molecule has 6 heteroatoms. The van der Waals surface area contributed by atoms with Crippen LogP contribution in [0.4, 0.5) is 0 Å². The number of ether oxygens (including phenoxy) is 3. The molecule has 0 unspecified atom stereocenters. The number of hydrogen-bond acceptors (Lipinski definition) is 5. The minimum Gasteiger partial charge on any atom is -0.497 e. The molecule has 0 atom stereocenters. The first kappa shape index (κ1) is 17.3. The highest BCUT2D eigenvalue weighted by Crippen LogP contribution is 2.16. The minimum atomic E-state index is 0.202. The molecule has 1 aromatic rings. The van der Waals surface area contributed by atoms with Gasteiger partial charge in [0, 0.05) is 33.2 Å². The van der Waals surface area contributed by atoms with Crippen LogP contribution < -0.4 is 15.2 Å². The molecule has 0 spiro atoms. The van der Waals surface area contributed by atoms with E-state index in [1.807, 2.05) is 24.3 Å². The van der Waals surface area contributed by atoms with E-state index in [2.05, 4.69) is 4.90 Å². The average Bonchev–Trinajstić information content (AvgIpc) is 2.50. The zero-order chi connectivity index (χ0) is 15.5. The van der Waals surface area contributed by atoms with Crippen LogP contribution >= 0.6 is 0 Å². The molecule has 0 aliphatic rings. The Bertz CT molecular complexity index is 409. The summed E-state index contributed by atoms with van der Waals surface area (Å²) >= 11 is 0. The quantitative estimate of drug-likeness (QED) is 0.476. The van der Waals surface area contributed by atoms with E-state index in [9.17, 15) is 0 Å². The van der Waals surface area contributed by atoms with Gasteiger partial charge in [-0.25, -0.2) is 0 Å². The van der Waals surface area contributed by atoms with Crippen LogP contribution in [0.2, 0.25) is 0 Å². The first-order valence-corrected chi connectivity index (χ1v) is 6.96. The summed E-state index contributed by atoms with van der Waals surface area (Å²) in [6.07, 6.45) is 0.562. The highest BCUT2D eigenvalue weighted by molar-refractivity contribution is 5.76. The SMILES string of the molecule is COCCN(CCOc1ccc(OC)cc1)CCC(=N)N. The molecule has 3 N–H and O–H groups in total. The second-order valence-corrected chi connectivity index (χ2v) is 4.63. The van der Waals surface area contributed by atoms with Crippen LogP contribution in [0.1, 0.15) is 6.42 Å². The van der Waals surface area contributed by atoms with Gasteiger partial charge in [-0.2, -0.15) is 0 Å². The maximum atomic E-state index is 7.29. The number of nitrogens with two attached hydrogens (primary N) is 1. The smallest absolute Gasteiger partial charge is 0.119 e. The number of nitrogens with one attached hydrogen (secondary N) is 1. The largest absolute Gasteiger partial charge is 0.497 e. The summed E-state index contributed by atoms with van der Waals surface area (Å²) in [6.45, 7) is 3.54. The molecule has 0 aliphatic heterocycles. The van der Waals surface area contributed by atoms with Crippen molar-refractivity contribution < 1.29 is 14.2 Å². The second-order valence-electron chi connectivity index (χ2n) is 4.63. The van der Waals surface area contributed by atoms with Gasteiger partial charge in [0.1, 0.15) is 18.1 Å². The predicted octanol–water partition coefficient (Wildman–Crippen LogP) is 1.35. The van der Waals surface area contributed by atoms with Crippen molar-refractivity contribution in [2.24, 2.45) is 5.73 Å². The van der Waals surface area contributed by atoms with Gasteiger partial charge in [-0.1, -0.05) is 0 Å². The van der Waals surface area contributed by atoms with E-state index in [0.717, 1.165) is 31.1 Å². The minimum absolute atomic E-state index is 0.202. The maximum Gasteiger partial charge on any atom is 0.119 e. The van der Waals surface area contributed by atoms with E-state index in [4.69, 9.17) is 25.4 Å². The van der Waals surface area contributed by atoms with Gasteiger partial charge in [0.15, 0.2) is 0 Å². The van der Waals surface area contributed by atoms with Crippen LogP contribution in [0.5, 0.6) is 11.5 Å². The van der Waals surface area contributed by atoms with Gasteiger partial charge in [0.05, 0.1) is 19.6 Å². The van der Waals surface area contributed by atoms with Crippen molar-refractivity contribution in [2.75, 3.05) is 47.1 Å². The molecule has 1 aromatic carbocycles. The molecule has 0 bridgehead atoms. The van der Waals surface area contributed by atoms with Gasteiger partial charge in [-0.05, 0) is 24.3 Å². The number of rotatable bonds is 11. The fourth-order valence-electron chi connectivity index (χ4n) is 1.80. The van der Waals surface area contributed by atoms with Crippen LogP contribution in [0.3, 0.4) is 0 Å². The first-order chi connectivity index (χ1) is 10.2. The standard InChI is InChI=1S/C15H25N3O3/c1-19-11-9-18(8-7-15(16)17)10-12-21-14-5-3-13(20-2)4-6-14/h3-6H,7-12H2,1-2H3,(H3,16,17). The van der Waals surface area contributed by atoms with Crippen molar-refractivity contribution in [3.8, 4) is 11.5 Å². The third-order valence-corrected chi connectivity index (χ3v) is 3.04. The summed E-state index contributed by atoms with van der Waals surface area (Å²) in [6, 6.07) is 7.50. The molecule has 118 valence electrons. The zero-order valence-electron chi connectivity index (χ0n) is 12.8.